The van der Waals surface area contributed by atoms with Gasteiger partial charge in [0.2, 0.25) is 0 Å². The average molecular weight is 471 g/mol. The van der Waals surface area contributed by atoms with E-state index in [0.29, 0.717) is 35.1 Å². The number of aliphatic hydroxyl groups excluding tert-OH is 1. The van der Waals surface area contributed by atoms with E-state index in [2.05, 4.69) is 0 Å². The molecule has 1 aliphatic rings. The number of ether oxygens (including phenoxy) is 4. The van der Waals surface area contributed by atoms with Crippen LogP contribution in [0.3, 0.4) is 0 Å². The van der Waals surface area contributed by atoms with E-state index < -0.39 is 17.7 Å². The van der Waals surface area contributed by atoms with Crippen molar-refractivity contribution in [2.75, 3.05) is 55.6 Å². The first-order valence-electron chi connectivity index (χ1n) is 10.6. The molecule has 1 fully saturated rings. The van der Waals surface area contributed by atoms with Crippen molar-refractivity contribution in [2.24, 2.45) is 0 Å². The summed E-state index contributed by atoms with van der Waals surface area (Å²) in [5, 5.41) is 11.3. The number of amides is 1. The third kappa shape index (κ3) is 4.65. The van der Waals surface area contributed by atoms with Gasteiger partial charge in [-0.05, 0) is 43.9 Å². The molecule has 0 saturated carbocycles. The molecule has 1 heterocycles. The monoisotopic (exact) mass is 470 g/mol. The third-order valence-electron chi connectivity index (χ3n) is 5.72. The molecule has 9 heteroatoms. The van der Waals surface area contributed by atoms with Crippen LogP contribution in [0.1, 0.15) is 17.2 Å². The summed E-state index contributed by atoms with van der Waals surface area (Å²) in [5.41, 5.74) is 0.850. The van der Waals surface area contributed by atoms with Gasteiger partial charge in [0.15, 0.2) is 11.5 Å². The Morgan fingerprint density at radius 1 is 0.912 bits per heavy atom. The molecular weight excluding hydrogens is 440 g/mol. The molecule has 2 aromatic carbocycles. The number of rotatable bonds is 9. The van der Waals surface area contributed by atoms with Gasteiger partial charge in [-0.15, -0.1) is 0 Å². The molecule has 0 bridgehead atoms. The zero-order chi connectivity index (χ0) is 25.0. The molecular formula is C25H30N2O7. The van der Waals surface area contributed by atoms with Crippen molar-refractivity contribution in [3.8, 4) is 23.0 Å². The molecule has 182 valence electrons. The van der Waals surface area contributed by atoms with Crippen LogP contribution in [0, 0.1) is 0 Å². The fraction of sp³-hybridized carbons (Fsp3) is 0.360. The molecule has 2 aromatic rings. The van der Waals surface area contributed by atoms with Crippen LogP contribution < -0.4 is 18.9 Å². The maximum absolute atomic E-state index is 13.2. The summed E-state index contributed by atoms with van der Waals surface area (Å²) in [7, 11) is 9.76. The quantitative estimate of drug-likeness (QED) is 0.339. The lowest BCUT2D eigenvalue weighted by atomic mass is 9.94. The van der Waals surface area contributed by atoms with Crippen molar-refractivity contribution in [1.82, 2.24) is 9.80 Å². The van der Waals surface area contributed by atoms with Crippen LogP contribution in [-0.2, 0) is 9.59 Å². The molecule has 1 atom stereocenters. The molecule has 0 aliphatic carbocycles. The zero-order valence-corrected chi connectivity index (χ0v) is 20.2. The van der Waals surface area contributed by atoms with E-state index >= 15 is 0 Å². The van der Waals surface area contributed by atoms with Gasteiger partial charge >= 0.3 is 0 Å². The number of ketones is 1. The van der Waals surface area contributed by atoms with Gasteiger partial charge in [0, 0.05) is 19.2 Å². The molecule has 0 radical (unpaired) electrons. The van der Waals surface area contributed by atoms with Crippen molar-refractivity contribution in [3.63, 3.8) is 0 Å². The van der Waals surface area contributed by atoms with Gasteiger partial charge < -0.3 is 33.9 Å². The van der Waals surface area contributed by atoms with E-state index in [1.807, 2.05) is 19.0 Å². The minimum absolute atomic E-state index is 0.0283. The highest BCUT2D eigenvalue weighted by atomic mass is 16.5. The van der Waals surface area contributed by atoms with Crippen LogP contribution >= 0.6 is 0 Å². The number of carbonyl (C=O) groups is 2. The second-order valence-electron chi connectivity index (χ2n) is 7.98. The number of methoxy groups -OCH3 is 4. The van der Waals surface area contributed by atoms with Crippen LogP contribution in [0.2, 0.25) is 0 Å². The molecule has 3 rings (SSSR count). The van der Waals surface area contributed by atoms with E-state index in [1.54, 1.807) is 36.4 Å². The number of hydrogen-bond acceptors (Lipinski definition) is 8. The Morgan fingerprint density at radius 3 is 2.18 bits per heavy atom. The van der Waals surface area contributed by atoms with E-state index in [-0.39, 0.29) is 23.4 Å². The van der Waals surface area contributed by atoms with Crippen LogP contribution in [0.4, 0.5) is 0 Å². The fourth-order valence-electron chi connectivity index (χ4n) is 3.93. The van der Waals surface area contributed by atoms with Gasteiger partial charge in [0.1, 0.15) is 17.3 Å². The lowest BCUT2D eigenvalue weighted by Gasteiger charge is -2.27. The smallest absolute Gasteiger partial charge is 0.295 e. The van der Waals surface area contributed by atoms with Crippen LogP contribution in [0.5, 0.6) is 23.0 Å². The summed E-state index contributed by atoms with van der Waals surface area (Å²) in [5.74, 6) is 0.00165. The van der Waals surface area contributed by atoms with Crippen LogP contribution in [-0.4, -0.2) is 82.2 Å². The molecule has 1 amide bonds. The Kier molecular flexibility index (Phi) is 7.68. The Bertz CT molecular complexity index is 1110. The number of aliphatic hydroxyl groups is 1. The number of hydrogen-bond donors (Lipinski definition) is 1. The van der Waals surface area contributed by atoms with Gasteiger partial charge in [-0.25, -0.2) is 0 Å². The Hall–Kier alpha value is -3.72. The van der Waals surface area contributed by atoms with Gasteiger partial charge in [0.05, 0.1) is 45.6 Å². The van der Waals surface area contributed by atoms with Crippen molar-refractivity contribution in [1.29, 1.82) is 0 Å². The summed E-state index contributed by atoms with van der Waals surface area (Å²) < 4.78 is 21.4. The number of likely N-dealkylation sites (tertiary alicyclic amines) is 1. The third-order valence-corrected chi connectivity index (χ3v) is 5.72. The molecule has 1 N–H and O–H groups in total. The Morgan fingerprint density at radius 2 is 1.59 bits per heavy atom. The summed E-state index contributed by atoms with van der Waals surface area (Å²) >= 11 is 0. The van der Waals surface area contributed by atoms with Gasteiger partial charge in [-0.1, -0.05) is 6.07 Å². The Labute approximate surface area is 199 Å². The predicted octanol–water partition coefficient (Wildman–Crippen LogP) is 2.70. The van der Waals surface area contributed by atoms with Crippen LogP contribution in [0.15, 0.2) is 42.0 Å². The van der Waals surface area contributed by atoms with Crippen molar-refractivity contribution < 1.29 is 33.6 Å². The van der Waals surface area contributed by atoms with E-state index in [1.165, 1.54) is 33.3 Å². The predicted molar refractivity (Wildman–Crippen MR) is 127 cm³/mol. The first-order valence-corrected chi connectivity index (χ1v) is 10.6. The summed E-state index contributed by atoms with van der Waals surface area (Å²) in [6.07, 6.45) is 0. The first kappa shape index (κ1) is 24.9. The molecule has 1 aliphatic heterocycles. The highest BCUT2D eigenvalue weighted by molar-refractivity contribution is 6.46. The Balaban J connectivity index is 2.23. The lowest BCUT2D eigenvalue weighted by molar-refractivity contribution is -0.140. The highest BCUT2D eigenvalue weighted by Crippen LogP contribution is 2.43. The van der Waals surface area contributed by atoms with Crippen LogP contribution in [0.25, 0.3) is 5.76 Å². The standard InChI is InChI=1S/C25H30N2O7/c1-26(2)11-12-27-22(15-7-10-18(32-4)20(13-15)34-6)21(24(29)25(27)30)23(28)17-9-8-16(31-3)14-19(17)33-5/h7-10,13-14,22,28H,11-12H2,1-6H3/b23-21+. The normalized spacial score (nSPS) is 17.3. The highest BCUT2D eigenvalue weighted by Gasteiger charge is 2.46. The van der Waals surface area contributed by atoms with Gasteiger partial charge in [0.25, 0.3) is 11.7 Å². The average Bonchev–Trinajstić information content (AvgIpc) is 3.10. The summed E-state index contributed by atoms with van der Waals surface area (Å²) in [6, 6.07) is 9.16. The van der Waals surface area contributed by atoms with Gasteiger partial charge in [-0.2, -0.15) is 0 Å². The molecule has 0 aromatic heterocycles. The number of Topliss-reactive ketones (excluding diaryl/α,β-unsaturated/α-hetero) is 1. The topological polar surface area (TPSA) is 97.8 Å². The molecule has 1 unspecified atom stereocenters. The van der Waals surface area contributed by atoms with E-state index in [4.69, 9.17) is 18.9 Å². The van der Waals surface area contributed by atoms with E-state index in [9.17, 15) is 14.7 Å². The van der Waals surface area contributed by atoms with Crippen molar-refractivity contribution in [3.05, 3.63) is 53.1 Å². The van der Waals surface area contributed by atoms with Crippen molar-refractivity contribution >= 4 is 17.4 Å². The molecule has 34 heavy (non-hydrogen) atoms. The minimum Gasteiger partial charge on any atom is -0.507 e. The maximum Gasteiger partial charge on any atom is 0.295 e. The summed E-state index contributed by atoms with van der Waals surface area (Å²) in [6.45, 7) is 0.815. The second kappa shape index (κ2) is 10.5. The summed E-state index contributed by atoms with van der Waals surface area (Å²) in [4.78, 5) is 29.7. The SMILES string of the molecule is COc1ccc(/C(O)=C2\C(=O)C(=O)N(CCN(C)C)C2c2ccc(OC)c(OC)c2)c(OC)c1. The fourth-order valence-corrected chi connectivity index (χ4v) is 3.93. The number of nitrogens with zero attached hydrogens (tertiary/aromatic N) is 2. The minimum atomic E-state index is -0.827. The molecule has 0 spiro atoms. The number of carbonyl (C=O) groups excluding carboxylic acids is 2. The van der Waals surface area contributed by atoms with E-state index in [0.717, 1.165) is 0 Å². The number of likely N-dealkylation sites (N-methyl/N-ethyl adjacent to an activating group) is 1. The molecule has 1 saturated heterocycles. The maximum atomic E-state index is 13.2. The van der Waals surface area contributed by atoms with Gasteiger partial charge in [-0.3, -0.25) is 9.59 Å². The number of benzene rings is 2. The lowest BCUT2D eigenvalue weighted by Crippen LogP contribution is -2.35. The largest absolute Gasteiger partial charge is 0.507 e. The second-order valence-corrected chi connectivity index (χ2v) is 7.98. The van der Waals surface area contributed by atoms with Crippen molar-refractivity contribution in [2.45, 2.75) is 6.04 Å². The zero-order valence-electron chi connectivity index (χ0n) is 20.2. The first-order chi connectivity index (χ1) is 16.3. The molecule has 9 nitrogen and oxygen atoms in total.